The second kappa shape index (κ2) is 7.62. The van der Waals surface area contributed by atoms with Gasteiger partial charge in [-0.25, -0.2) is 4.79 Å². The Labute approximate surface area is 149 Å². The molecule has 1 aliphatic heterocycles. The molecule has 0 aromatic rings. The Kier molecular flexibility index (Phi) is 5.95. The third-order valence-electron chi connectivity index (χ3n) is 4.92. The Hall–Kier alpha value is -1.79. The van der Waals surface area contributed by atoms with Crippen LogP contribution in [0, 0.1) is 17.8 Å². The number of carbonyl (C=O) groups excluding carboxylic acids is 2. The van der Waals surface area contributed by atoms with Crippen LogP contribution in [0.2, 0.25) is 0 Å². The number of esters is 1. The van der Waals surface area contributed by atoms with E-state index < -0.39 is 17.6 Å². The van der Waals surface area contributed by atoms with Gasteiger partial charge in [-0.1, -0.05) is 19.0 Å². The van der Waals surface area contributed by atoms with E-state index in [9.17, 15) is 9.59 Å². The third kappa shape index (κ3) is 4.25. The summed E-state index contributed by atoms with van der Waals surface area (Å²) in [5, 5.41) is 7.20. The van der Waals surface area contributed by atoms with Gasteiger partial charge in [-0.3, -0.25) is 4.79 Å². The first-order valence-electron chi connectivity index (χ1n) is 9.02. The molecule has 7 heteroatoms. The lowest BCUT2D eigenvalue weighted by atomic mass is 9.84. The van der Waals surface area contributed by atoms with Crippen molar-refractivity contribution >= 4 is 17.8 Å². The van der Waals surface area contributed by atoms with Gasteiger partial charge in [0.1, 0.15) is 5.60 Å². The largest absolute Gasteiger partial charge is 0.469 e. The van der Waals surface area contributed by atoms with Crippen molar-refractivity contribution in [3.8, 4) is 0 Å². The molecule has 0 spiro atoms. The van der Waals surface area contributed by atoms with Gasteiger partial charge in [0.2, 0.25) is 0 Å². The van der Waals surface area contributed by atoms with Crippen molar-refractivity contribution in [1.29, 1.82) is 0 Å². The number of hydrogen-bond donors (Lipinski definition) is 1. The first-order chi connectivity index (χ1) is 11.7. The maximum Gasteiger partial charge on any atom is 0.407 e. The molecule has 0 saturated heterocycles. The summed E-state index contributed by atoms with van der Waals surface area (Å²) in [6.07, 6.45) is 1.45. The van der Waals surface area contributed by atoms with E-state index in [2.05, 4.69) is 24.3 Å². The number of nitrogens with zero attached hydrogens (tertiary/aromatic N) is 1. The van der Waals surface area contributed by atoms with Crippen LogP contribution in [0.25, 0.3) is 0 Å². The molecule has 7 nitrogen and oxygen atoms in total. The van der Waals surface area contributed by atoms with Gasteiger partial charge in [0, 0.05) is 12.0 Å². The summed E-state index contributed by atoms with van der Waals surface area (Å²) >= 11 is 0. The van der Waals surface area contributed by atoms with E-state index in [4.69, 9.17) is 14.3 Å². The molecule has 1 heterocycles. The standard InChI is InChI=1S/C18H30N2O5/c1-7-10(8-2)14-13-12(19-17(22)24-18(3,4)5)9-11(16(21)23-6)15(13)25-20-14/h10-13,15H,7-9H2,1-6H3,(H,19,22)/t11-,12+,13-,15+/m0/s1. The molecule has 0 aromatic heterocycles. The number of nitrogens with one attached hydrogen (secondary N) is 1. The van der Waals surface area contributed by atoms with Crippen LogP contribution < -0.4 is 5.32 Å². The quantitative estimate of drug-likeness (QED) is 0.767. The number of methoxy groups -OCH3 is 1. The van der Waals surface area contributed by atoms with Gasteiger partial charge in [0.25, 0.3) is 0 Å². The van der Waals surface area contributed by atoms with Gasteiger partial charge in [-0.15, -0.1) is 0 Å². The first-order valence-corrected chi connectivity index (χ1v) is 9.02. The minimum atomic E-state index is -0.581. The number of hydrogen-bond acceptors (Lipinski definition) is 6. The SMILES string of the molecule is CCC(CC)C1=NO[C@H]2[C@H]1[C@H](NC(=O)OC(C)(C)C)C[C@@H]2C(=O)OC. The van der Waals surface area contributed by atoms with Gasteiger partial charge in [-0.2, -0.15) is 0 Å². The van der Waals surface area contributed by atoms with Gasteiger partial charge >= 0.3 is 12.1 Å². The maximum atomic E-state index is 12.2. The number of fused-ring (bicyclic) bond motifs is 1. The van der Waals surface area contributed by atoms with Crippen molar-refractivity contribution in [3.05, 3.63) is 0 Å². The van der Waals surface area contributed by atoms with Crippen molar-refractivity contribution in [2.75, 3.05) is 7.11 Å². The van der Waals surface area contributed by atoms with Gasteiger partial charge < -0.3 is 19.6 Å². The molecular weight excluding hydrogens is 324 g/mol. The number of rotatable bonds is 5. The highest BCUT2D eigenvalue weighted by atomic mass is 16.6. The highest BCUT2D eigenvalue weighted by Crippen LogP contribution is 2.42. The Morgan fingerprint density at radius 3 is 2.48 bits per heavy atom. The summed E-state index contributed by atoms with van der Waals surface area (Å²) in [6.45, 7) is 9.66. The summed E-state index contributed by atoms with van der Waals surface area (Å²) in [7, 11) is 1.36. The van der Waals surface area contributed by atoms with Gasteiger partial charge in [-0.05, 0) is 40.0 Å². The second-order valence-corrected chi connectivity index (χ2v) is 7.74. The van der Waals surface area contributed by atoms with Crippen LogP contribution in [0.3, 0.4) is 0 Å². The van der Waals surface area contributed by atoms with Crippen LogP contribution in [0.15, 0.2) is 5.16 Å². The summed E-state index contributed by atoms with van der Waals surface area (Å²) in [4.78, 5) is 30.0. The molecule has 0 radical (unpaired) electrons. The van der Waals surface area contributed by atoms with Crippen LogP contribution in [0.4, 0.5) is 4.79 Å². The number of oxime groups is 1. The minimum Gasteiger partial charge on any atom is -0.469 e. The average Bonchev–Trinajstić information content (AvgIpc) is 3.08. The average molecular weight is 354 g/mol. The Morgan fingerprint density at radius 2 is 1.96 bits per heavy atom. The minimum absolute atomic E-state index is 0.124. The zero-order valence-corrected chi connectivity index (χ0v) is 16.0. The van der Waals surface area contributed by atoms with Crippen LogP contribution in [-0.4, -0.2) is 42.6 Å². The van der Waals surface area contributed by atoms with Crippen LogP contribution in [-0.2, 0) is 19.1 Å². The number of alkyl carbamates (subject to hydrolysis) is 1. The third-order valence-corrected chi connectivity index (χ3v) is 4.92. The van der Waals surface area contributed by atoms with Crippen molar-refractivity contribution in [2.45, 2.75) is 71.6 Å². The van der Waals surface area contributed by atoms with Crippen molar-refractivity contribution in [2.24, 2.45) is 22.9 Å². The zero-order chi connectivity index (χ0) is 18.8. The molecule has 0 unspecified atom stereocenters. The topological polar surface area (TPSA) is 86.2 Å². The number of carbonyl (C=O) groups is 2. The molecule has 0 bridgehead atoms. The maximum absolute atomic E-state index is 12.2. The molecule has 0 aromatic carbocycles. The molecule has 1 saturated carbocycles. The van der Waals surface area contributed by atoms with Gasteiger partial charge in [0.05, 0.1) is 24.7 Å². The lowest BCUT2D eigenvalue weighted by Gasteiger charge is -2.25. The summed E-state index contributed by atoms with van der Waals surface area (Å²) < 4.78 is 10.3. The van der Waals surface area contributed by atoms with E-state index in [-0.39, 0.29) is 30.0 Å². The van der Waals surface area contributed by atoms with Crippen LogP contribution in [0.1, 0.15) is 53.9 Å². The highest BCUT2D eigenvalue weighted by Gasteiger charge is 2.55. The zero-order valence-electron chi connectivity index (χ0n) is 16.0. The molecule has 1 aliphatic carbocycles. The first kappa shape index (κ1) is 19.5. The van der Waals surface area contributed by atoms with E-state index in [1.165, 1.54) is 7.11 Å². The molecular formula is C18H30N2O5. The summed E-state index contributed by atoms with van der Waals surface area (Å²) in [6, 6.07) is -0.259. The molecule has 4 atom stereocenters. The van der Waals surface area contributed by atoms with Crippen LogP contribution >= 0.6 is 0 Å². The monoisotopic (exact) mass is 354 g/mol. The van der Waals surface area contributed by atoms with Gasteiger partial charge in [0.15, 0.2) is 6.10 Å². The van der Waals surface area contributed by atoms with E-state index in [1.54, 1.807) is 0 Å². The van der Waals surface area contributed by atoms with Crippen LogP contribution in [0.5, 0.6) is 0 Å². The second-order valence-electron chi connectivity index (χ2n) is 7.74. The fourth-order valence-electron chi connectivity index (χ4n) is 3.77. The molecule has 2 aliphatic rings. The van der Waals surface area contributed by atoms with Crippen molar-refractivity contribution < 1.29 is 23.9 Å². The van der Waals surface area contributed by atoms with Crippen molar-refractivity contribution in [1.82, 2.24) is 5.32 Å². The Balaban J connectivity index is 2.20. The fourth-order valence-corrected chi connectivity index (χ4v) is 3.77. The summed E-state index contributed by atoms with van der Waals surface area (Å²) in [5.74, 6) is -0.620. The Morgan fingerprint density at radius 1 is 1.32 bits per heavy atom. The van der Waals surface area contributed by atoms with E-state index in [0.717, 1.165) is 18.6 Å². The molecule has 1 fully saturated rings. The summed E-state index contributed by atoms with van der Waals surface area (Å²) in [5.41, 5.74) is 0.352. The number of amides is 1. The predicted octanol–water partition coefficient (Wildman–Crippen LogP) is 2.88. The highest BCUT2D eigenvalue weighted by molar-refractivity contribution is 5.93. The fraction of sp³-hybridized carbons (Fsp3) is 0.833. The molecule has 2 rings (SSSR count). The van der Waals surface area contributed by atoms with E-state index in [1.807, 2.05) is 20.8 Å². The predicted molar refractivity (Wildman–Crippen MR) is 93.2 cm³/mol. The van der Waals surface area contributed by atoms with E-state index >= 15 is 0 Å². The lowest BCUT2D eigenvalue weighted by Crippen LogP contribution is -2.45. The Bertz CT molecular complexity index is 536. The molecule has 142 valence electrons. The number of ether oxygens (including phenoxy) is 2. The smallest absolute Gasteiger partial charge is 0.407 e. The van der Waals surface area contributed by atoms with E-state index in [0.29, 0.717) is 6.42 Å². The normalized spacial score (nSPS) is 28.2. The molecule has 1 N–H and O–H groups in total. The lowest BCUT2D eigenvalue weighted by molar-refractivity contribution is -0.149. The van der Waals surface area contributed by atoms with Crippen molar-refractivity contribution in [3.63, 3.8) is 0 Å². The molecule has 25 heavy (non-hydrogen) atoms. The molecule has 1 amide bonds.